The maximum absolute atomic E-state index is 12.4. The standard InChI is InChI=1S/C17H15Cl2N5OS/c18-10-2-1-3-11(19)15(10)23-13(25)7-24-5-4-9-12(6-24)26-17-14(9)16(20)21-8-22-17/h1-3,8H,4-7H2,(H,23,25)(H2,20,21,22). The number of carbonyl (C=O) groups is 1. The van der Waals surface area contributed by atoms with E-state index in [4.69, 9.17) is 28.9 Å². The van der Waals surface area contributed by atoms with E-state index in [1.54, 1.807) is 29.5 Å². The average molecular weight is 408 g/mol. The van der Waals surface area contributed by atoms with Gasteiger partial charge >= 0.3 is 0 Å². The number of nitrogens with zero attached hydrogens (tertiary/aromatic N) is 3. The van der Waals surface area contributed by atoms with Crippen molar-refractivity contribution in [3.05, 3.63) is 45.0 Å². The van der Waals surface area contributed by atoms with Gasteiger partial charge in [-0.2, -0.15) is 0 Å². The summed E-state index contributed by atoms with van der Waals surface area (Å²) in [7, 11) is 0. The molecule has 9 heteroatoms. The van der Waals surface area contributed by atoms with E-state index in [9.17, 15) is 4.79 Å². The third-order valence-corrected chi connectivity index (χ3v) is 6.09. The van der Waals surface area contributed by atoms with Crippen molar-refractivity contribution in [3.8, 4) is 0 Å². The van der Waals surface area contributed by atoms with E-state index in [1.165, 1.54) is 16.8 Å². The van der Waals surface area contributed by atoms with Crippen LogP contribution >= 0.6 is 34.5 Å². The molecule has 26 heavy (non-hydrogen) atoms. The summed E-state index contributed by atoms with van der Waals surface area (Å²) in [6, 6.07) is 5.13. The summed E-state index contributed by atoms with van der Waals surface area (Å²) >= 11 is 13.8. The molecule has 134 valence electrons. The van der Waals surface area contributed by atoms with Crippen LogP contribution in [0.25, 0.3) is 10.2 Å². The van der Waals surface area contributed by atoms with E-state index >= 15 is 0 Å². The number of para-hydroxylation sites is 1. The molecule has 1 aromatic carbocycles. The molecule has 3 N–H and O–H groups in total. The Morgan fingerprint density at radius 3 is 2.85 bits per heavy atom. The zero-order valence-corrected chi connectivity index (χ0v) is 16.0. The molecule has 3 aromatic rings. The quantitative estimate of drug-likeness (QED) is 0.692. The lowest BCUT2D eigenvalue weighted by Crippen LogP contribution is -2.36. The van der Waals surface area contributed by atoms with Crippen LogP contribution in [0.1, 0.15) is 10.4 Å². The van der Waals surface area contributed by atoms with Gasteiger partial charge in [-0.05, 0) is 24.1 Å². The number of hydrogen-bond donors (Lipinski definition) is 2. The zero-order chi connectivity index (χ0) is 18.3. The van der Waals surface area contributed by atoms with Gasteiger partial charge in [-0.3, -0.25) is 9.69 Å². The van der Waals surface area contributed by atoms with Crippen molar-refractivity contribution >= 4 is 62.2 Å². The zero-order valence-electron chi connectivity index (χ0n) is 13.6. The molecule has 0 aliphatic carbocycles. The average Bonchev–Trinajstić information content (AvgIpc) is 2.97. The molecule has 2 aromatic heterocycles. The predicted octanol–water partition coefficient (Wildman–Crippen LogP) is 3.58. The number of carbonyl (C=O) groups excluding carboxylic acids is 1. The number of hydrogen-bond acceptors (Lipinski definition) is 6. The number of halogens is 2. The fourth-order valence-corrected chi connectivity index (χ4v) is 4.87. The highest BCUT2D eigenvalue weighted by Gasteiger charge is 2.24. The SMILES string of the molecule is Nc1ncnc2sc3c(c12)CCN(CC(=O)Nc1c(Cl)cccc1Cl)C3. The van der Waals surface area contributed by atoms with Crippen LogP contribution in [0.3, 0.4) is 0 Å². The summed E-state index contributed by atoms with van der Waals surface area (Å²) < 4.78 is 0. The molecule has 4 rings (SSSR count). The van der Waals surface area contributed by atoms with Crippen molar-refractivity contribution in [2.45, 2.75) is 13.0 Å². The van der Waals surface area contributed by atoms with Crippen molar-refractivity contribution in [1.29, 1.82) is 0 Å². The van der Waals surface area contributed by atoms with Gasteiger partial charge in [-0.1, -0.05) is 29.3 Å². The van der Waals surface area contributed by atoms with Crippen LogP contribution in [0.2, 0.25) is 10.0 Å². The third-order valence-electron chi connectivity index (χ3n) is 4.34. The van der Waals surface area contributed by atoms with E-state index in [0.29, 0.717) is 28.1 Å². The molecule has 0 bridgehead atoms. The third kappa shape index (κ3) is 3.23. The molecule has 1 aliphatic rings. The largest absolute Gasteiger partial charge is 0.383 e. The monoisotopic (exact) mass is 407 g/mol. The van der Waals surface area contributed by atoms with Gasteiger partial charge < -0.3 is 11.1 Å². The Hall–Kier alpha value is -1.93. The number of fused-ring (bicyclic) bond motifs is 3. The number of thiophene rings is 1. The molecule has 6 nitrogen and oxygen atoms in total. The minimum Gasteiger partial charge on any atom is -0.383 e. The van der Waals surface area contributed by atoms with Crippen LogP contribution in [0, 0.1) is 0 Å². The van der Waals surface area contributed by atoms with Crippen LogP contribution in [0.15, 0.2) is 24.5 Å². The summed E-state index contributed by atoms with van der Waals surface area (Å²) in [5, 5.41) is 4.60. The number of aromatic nitrogens is 2. The molecule has 0 spiro atoms. The lowest BCUT2D eigenvalue weighted by Gasteiger charge is -2.26. The molecular formula is C17H15Cl2N5OS. The van der Waals surface area contributed by atoms with Crippen molar-refractivity contribution in [2.75, 3.05) is 24.1 Å². The molecule has 0 atom stereocenters. The number of nitrogen functional groups attached to an aromatic ring is 1. The van der Waals surface area contributed by atoms with E-state index in [-0.39, 0.29) is 12.5 Å². The molecule has 0 radical (unpaired) electrons. The molecule has 0 saturated heterocycles. The molecule has 0 fully saturated rings. The van der Waals surface area contributed by atoms with Crippen molar-refractivity contribution in [1.82, 2.24) is 14.9 Å². The van der Waals surface area contributed by atoms with Gasteiger partial charge in [0.05, 0.1) is 27.7 Å². The molecule has 1 aliphatic heterocycles. The Bertz CT molecular complexity index is 986. The first-order valence-corrected chi connectivity index (χ1v) is 9.57. The number of anilines is 2. The summed E-state index contributed by atoms with van der Waals surface area (Å²) in [6.45, 7) is 1.70. The van der Waals surface area contributed by atoms with Crippen molar-refractivity contribution in [2.24, 2.45) is 0 Å². The van der Waals surface area contributed by atoms with Crippen LogP contribution < -0.4 is 11.1 Å². The highest BCUT2D eigenvalue weighted by molar-refractivity contribution is 7.18. The van der Waals surface area contributed by atoms with Gasteiger partial charge in [0.2, 0.25) is 5.91 Å². The highest BCUT2D eigenvalue weighted by Crippen LogP contribution is 2.36. The number of amides is 1. The van der Waals surface area contributed by atoms with Crippen molar-refractivity contribution < 1.29 is 4.79 Å². The molecule has 3 heterocycles. The van der Waals surface area contributed by atoms with Gasteiger partial charge in [-0.25, -0.2) is 9.97 Å². The van der Waals surface area contributed by atoms with E-state index < -0.39 is 0 Å². The van der Waals surface area contributed by atoms with E-state index in [0.717, 1.165) is 23.2 Å². The van der Waals surface area contributed by atoms with Crippen LogP contribution in [-0.2, 0) is 17.8 Å². The Balaban J connectivity index is 1.48. The lowest BCUT2D eigenvalue weighted by atomic mass is 10.1. The number of nitrogens with one attached hydrogen (secondary N) is 1. The highest BCUT2D eigenvalue weighted by atomic mass is 35.5. The summed E-state index contributed by atoms with van der Waals surface area (Å²) in [4.78, 5) is 25.0. The minimum atomic E-state index is -0.149. The predicted molar refractivity (Wildman–Crippen MR) is 106 cm³/mol. The topological polar surface area (TPSA) is 84.1 Å². The summed E-state index contributed by atoms with van der Waals surface area (Å²) in [5.41, 5.74) is 7.66. The Morgan fingerprint density at radius 2 is 2.08 bits per heavy atom. The number of benzene rings is 1. The first kappa shape index (κ1) is 17.5. The smallest absolute Gasteiger partial charge is 0.238 e. The van der Waals surface area contributed by atoms with Gasteiger partial charge in [0, 0.05) is 18.0 Å². The molecular weight excluding hydrogens is 393 g/mol. The first-order valence-electron chi connectivity index (χ1n) is 8.00. The molecule has 0 unspecified atom stereocenters. The lowest BCUT2D eigenvalue weighted by molar-refractivity contribution is -0.117. The fourth-order valence-electron chi connectivity index (χ4n) is 3.14. The minimum absolute atomic E-state index is 0.149. The van der Waals surface area contributed by atoms with Crippen LogP contribution in [-0.4, -0.2) is 33.9 Å². The van der Waals surface area contributed by atoms with Crippen LogP contribution in [0.4, 0.5) is 11.5 Å². The van der Waals surface area contributed by atoms with E-state index in [1.807, 2.05) is 0 Å². The van der Waals surface area contributed by atoms with Crippen molar-refractivity contribution in [3.63, 3.8) is 0 Å². The second kappa shape index (κ2) is 7.00. The molecule has 0 saturated carbocycles. The number of rotatable bonds is 3. The van der Waals surface area contributed by atoms with Crippen LogP contribution in [0.5, 0.6) is 0 Å². The van der Waals surface area contributed by atoms with Gasteiger partial charge in [0.25, 0.3) is 0 Å². The summed E-state index contributed by atoms with van der Waals surface area (Å²) in [6.07, 6.45) is 2.30. The fraction of sp³-hybridized carbons (Fsp3) is 0.235. The Kier molecular flexibility index (Phi) is 4.71. The Morgan fingerprint density at radius 1 is 1.31 bits per heavy atom. The second-order valence-corrected chi connectivity index (χ2v) is 7.95. The second-order valence-electron chi connectivity index (χ2n) is 6.05. The van der Waals surface area contributed by atoms with Gasteiger partial charge in [0.15, 0.2) is 0 Å². The number of nitrogens with two attached hydrogens (primary N) is 1. The Labute approximate surface area is 163 Å². The maximum atomic E-state index is 12.4. The normalized spacial score (nSPS) is 14.4. The summed E-state index contributed by atoms with van der Waals surface area (Å²) in [5.74, 6) is 0.371. The van der Waals surface area contributed by atoms with Gasteiger partial charge in [-0.15, -0.1) is 11.3 Å². The van der Waals surface area contributed by atoms with Gasteiger partial charge in [0.1, 0.15) is 17.0 Å². The first-order chi connectivity index (χ1) is 12.5. The van der Waals surface area contributed by atoms with E-state index in [2.05, 4.69) is 20.2 Å². The maximum Gasteiger partial charge on any atom is 0.238 e. The molecule has 1 amide bonds.